The lowest BCUT2D eigenvalue weighted by Crippen LogP contribution is -2.44. The molecule has 0 spiro atoms. The standard InChI is InChI=1S/C16H20N4O3S/c1-10-3-6-12(24(21,22)20-11-4-5-11)9-13(10)14-18-15(19-23-14)16(17)7-2-8-16/h3,6,9,11,20H,2,4-5,7-8,17H2,1H3. The summed E-state index contributed by atoms with van der Waals surface area (Å²) in [4.78, 5) is 4.62. The lowest BCUT2D eigenvalue weighted by Gasteiger charge is -2.34. The number of rotatable bonds is 5. The van der Waals surface area contributed by atoms with Gasteiger partial charge in [-0.2, -0.15) is 4.98 Å². The zero-order valence-electron chi connectivity index (χ0n) is 13.4. The fourth-order valence-corrected chi connectivity index (χ4v) is 4.13. The van der Waals surface area contributed by atoms with Gasteiger partial charge in [0, 0.05) is 11.6 Å². The number of hydrogen-bond donors (Lipinski definition) is 2. The van der Waals surface area contributed by atoms with Crippen molar-refractivity contribution in [2.24, 2.45) is 5.73 Å². The number of nitrogens with one attached hydrogen (secondary N) is 1. The van der Waals surface area contributed by atoms with E-state index in [1.165, 1.54) is 0 Å². The number of nitrogens with zero attached hydrogens (tertiary/aromatic N) is 2. The highest BCUT2D eigenvalue weighted by molar-refractivity contribution is 7.89. The number of sulfonamides is 1. The molecule has 0 atom stereocenters. The zero-order chi connectivity index (χ0) is 16.9. The van der Waals surface area contributed by atoms with Crippen molar-refractivity contribution in [1.82, 2.24) is 14.9 Å². The van der Waals surface area contributed by atoms with Crippen LogP contribution < -0.4 is 10.5 Å². The van der Waals surface area contributed by atoms with Crippen molar-refractivity contribution in [2.45, 2.75) is 55.5 Å². The van der Waals surface area contributed by atoms with E-state index >= 15 is 0 Å². The van der Waals surface area contributed by atoms with Crippen molar-refractivity contribution in [3.8, 4) is 11.5 Å². The van der Waals surface area contributed by atoms with Crippen LogP contribution in [0.15, 0.2) is 27.6 Å². The van der Waals surface area contributed by atoms with Gasteiger partial charge in [0.05, 0.1) is 10.4 Å². The van der Waals surface area contributed by atoms with E-state index in [0.717, 1.165) is 37.7 Å². The van der Waals surface area contributed by atoms with Gasteiger partial charge < -0.3 is 10.3 Å². The van der Waals surface area contributed by atoms with Crippen LogP contribution in [0.4, 0.5) is 0 Å². The van der Waals surface area contributed by atoms with Crippen molar-refractivity contribution in [2.75, 3.05) is 0 Å². The second-order valence-electron chi connectivity index (χ2n) is 6.81. The van der Waals surface area contributed by atoms with Gasteiger partial charge in [-0.05, 0) is 56.7 Å². The van der Waals surface area contributed by atoms with Gasteiger partial charge in [0.2, 0.25) is 10.0 Å². The number of benzene rings is 1. The molecular formula is C16H20N4O3S. The Morgan fingerprint density at radius 3 is 2.71 bits per heavy atom. The summed E-state index contributed by atoms with van der Waals surface area (Å²) in [5.74, 6) is 0.801. The van der Waals surface area contributed by atoms with E-state index < -0.39 is 15.6 Å². The van der Waals surface area contributed by atoms with Gasteiger partial charge in [-0.3, -0.25) is 0 Å². The van der Waals surface area contributed by atoms with E-state index in [2.05, 4.69) is 14.9 Å². The smallest absolute Gasteiger partial charge is 0.258 e. The molecule has 0 amide bonds. The molecule has 128 valence electrons. The molecule has 1 aromatic carbocycles. The van der Waals surface area contributed by atoms with Gasteiger partial charge >= 0.3 is 0 Å². The largest absolute Gasteiger partial charge is 0.334 e. The van der Waals surface area contributed by atoms with E-state index in [1.54, 1.807) is 18.2 Å². The zero-order valence-corrected chi connectivity index (χ0v) is 14.3. The molecule has 0 unspecified atom stereocenters. The number of aromatic nitrogens is 2. The van der Waals surface area contributed by atoms with Gasteiger partial charge in [-0.15, -0.1) is 0 Å². The van der Waals surface area contributed by atoms with Crippen LogP contribution in [-0.2, 0) is 15.6 Å². The van der Waals surface area contributed by atoms with Crippen LogP contribution in [0.1, 0.15) is 43.5 Å². The first-order valence-electron chi connectivity index (χ1n) is 8.14. The summed E-state index contributed by atoms with van der Waals surface area (Å²) in [7, 11) is -3.52. The predicted molar refractivity (Wildman–Crippen MR) is 87.5 cm³/mol. The molecule has 2 aliphatic rings. The van der Waals surface area contributed by atoms with Gasteiger partial charge in [0.15, 0.2) is 5.82 Å². The minimum Gasteiger partial charge on any atom is -0.334 e. The van der Waals surface area contributed by atoms with Crippen LogP contribution in [-0.4, -0.2) is 24.6 Å². The summed E-state index contributed by atoms with van der Waals surface area (Å²) in [6.07, 6.45) is 4.52. The predicted octanol–water partition coefficient (Wildman–Crippen LogP) is 1.82. The summed E-state index contributed by atoms with van der Waals surface area (Å²) >= 11 is 0. The third-order valence-electron chi connectivity index (χ3n) is 4.77. The van der Waals surface area contributed by atoms with E-state index in [0.29, 0.717) is 17.3 Å². The third kappa shape index (κ3) is 2.74. The molecule has 0 radical (unpaired) electrons. The maximum Gasteiger partial charge on any atom is 0.258 e. The van der Waals surface area contributed by atoms with Crippen molar-refractivity contribution in [3.05, 3.63) is 29.6 Å². The highest BCUT2D eigenvalue weighted by atomic mass is 32.2. The molecule has 24 heavy (non-hydrogen) atoms. The van der Waals surface area contributed by atoms with Gasteiger partial charge in [-0.1, -0.05) is 11.2 Å². The Morgan fingerprint density at radius 1 is 1.33 bits per heavy atom. The second kappa shape index (κ2) is 5.37. The highest BCUT2D eigenvalue weighted by Gasteiger charge is 2.39. The molecule has 2 saturated carbocycles. The Kier molecular flexibility index (Phi) is 3.52. The molecule has 2 aliphatic carbocycles. The molecule has 4 rings (SSSR count). The molecule has 0 saturated heterocycles. The Hall–Kier alpha value is -1.77. The first-order chi connectivity index (χ1) is 11.4. The molecular weight excluding hydrogens is 328 g/mol. The van der Waals surface area contributed by atoms with Crippen molar-refractivity contribution >= 4 is 10.0 Å². The number of hydrogen-bond acceptors (Lipinski definition) is 6. The maximum atomic E-state index is 12.4. The normalized spacial score (nSPS) is 19.9. The minimum absolute atomic E-state index is 0.0606. The first kappa shape index (κ1) is 15.7. The monoisotopic (exact) mass is 348 g/mol. The van der Waals surface area contributed by atoms with Crippen molar-refractivity contribution in [3.63, 3.8) is 0 Å². The highest BCUT2D eigenvalue weighted by Crippen LogP contribution is 2.38. The first-order valence-corrected chi connectivity index (χ1v) is 9.62. The molecule has 2 fully saturated rings. The Balaban J connectivity index is 1.69. The van der Waals surface area contributed by atoms with E-state index in [1.807, 2.05) is 6.92 Å². The molecule has 0 aliphatic heterocycles. The summed E-state index contributed by atoms with van der Waals surface area (Å²) in [6.45, 7) is 1.88. The number of nitrogens with two attached hydrogens (primary N) is 1. The van der Waals surface area contributed by atoms with E-state index in [9.17, 15) is 8.42 Å². The summed E-state index contributed by atoms with van der Waals surface area (Å²) < 4.78 is 32.8. The fraction of sp³-hybridized carbons (Fsp3) is 0.500. The average molecular weight is 348 g/mol. The molecule has 7 nitrogen and oxygen atoms in total. The van der Waals surface area contributed by atoms with Gasteiger partial charge in [0.1, 0.15) is 0 Å². The van der Waals surface area contributed by atoms with Gasteiger partial charge in [0.25, 0.3) is 5.89 Å². The topological polar surface area (TPSA) is 111 Å². The lowest BCUT2D eigenvalue weighted by atomic mass is 9.77. The SMILES string of the molecule is Cc1ccc(S(=O)(=O)NC2CC2)cc1-c1nc(C2(N)CCC2)no1. The van der Waals surface area contributed by atoms with Crippen LogP contribution in [0.2, 0.25) is 0 Å². The second-order valence-corrected chi connectivity index (χ2v) is 8.52. The quantitative estimate of drug-likeness (QED) is 0.852. The van der Waals surface area contributed by atoms with E-state index in [4.69, 9.17) is 10.3 Å². The molecule has 3 N–H and O–H groups in total. The van der Waals surface area contributed by atoms with Crippen molar-refractivity contribution < 1.29 is 12.9 Å². The maximum absolute atomic E-state index is 12.4. The minimum atomic E-state index is -3.52. The Bertz CT molecular complexity index is 882. The lowest BCUT2D eigenvalue weighted by molar-refractivity contribution is 0.229. The summed E-state index contributed by atoms with van der Waals surface area (Å²) in [5.41, 5.74) is 7.21. The van der Waals surface area contributed by atoms with Crippen LogP contribution in [0.25, 0.3) is 11.5 Å². The molecule has 1 heterocycles. The van der Waals surface area contributed by atoms with Crippen LogP contribution in [0.3, 0.4) is 0 Å². The van der Waals surface area contributed by atoms with Crippen LogP contribution in [0.5, 0.6) is 0 Å². The third-order valence-corrected chi connectivity index (χ3v) is 6.28. The molecule has 8 heteroatoms. The van der Waals surface area contributed by atoms with E-state index in [-0.39, 0.29) is 10.9 Å². The van der Waals surface area contributed by atoms with Crippen LogP contribution in [0, 0.1) is 6.92 Å². The van der Waals surface area contributed by atoms with Crippen LogP contribution >= 0.6 is 0 Å². The number of aryl methyl sites for hydroxylation is 1. The molecule has 0 bridgehead atoms. The summed E-state index contributed by atoms with van der Waals surface area (Å²) in [6, 6.07) is 4.99. The Morgan fingerprint density at radius 2 is 2.08 bits per heavy atom. The fourth-order valence-electron chi connectivity index (χ4n) is 2.80. The van der Waals surface area contributed by atoms with Gasteiger partial charge in [-0.25, -0.2) is 13.1 Å². The molecule has 2 aromatic rings. The summed E-state index contributed by atoms with van der Waals surface area (Å²) in [5, 5.41) is 4.00. The average Bonchev–Trinajstić information content (AvgIpc) is 3.16. The Labute approximate surface area is 140 Å². The molecule has 1 aromatic heterocycles. The van der Waals surface area contributed by atoms with Crippen molar-refractivity contribution in [1.29, 1.82) is 0 Å².